The lowest BCUT2D eigenvalue weighted by atomic mass is 9.92. The summed E-state index contributed by atoms with van der Waals surface area (Å²) in [6.45, 7) is 3.25. The Hall–Kier alpha value is -0.830. The Bertz CT molecular complexity index is 343. The van der Waals surface area contributed by atoms with Crippen LogP contribution in [0.3, 0.4) is 0 Å². The zero-order valence-corrected chi connectivity index (χ0v) is 11.8. The van der Waals surface area contributed by atoms with Gasteiger partial charge in [0.2, 0.25) is 5.91 Å². The quantitative estimate of drug-likeness (QED) is 0.789. The first-order valence-electron chi connectivity index (χ1n) is 8.01. The molecule has 19 heavy (non-hydrogen) atoms. The topological polar surface area (TPSA) is 32.3 Å². The number of piperidine rings is 1. The van der Waals surface area contributed by atoms with E-state index in [0.717, 1.165) is 38.9 Å². The molecular formula is C16H26N2O. The van der Waals surface area contributed by atoms with Crippen LogP contribution in [0.25, 0.3) is 0 Å². The second-order valence-corrected chi connectivity index (χ2v) is 6.42. The fourth-order valence-corrected chi connectivity index (χ4v) is 3.42. The molecule has 1 saturated heterocycles. The lowest BCUT2D eigenvalue weighted by Gasteiger charge is -2.33. The van der Waals surface area contributed by atoms with Gasteiger partial charge in [-0.2, -0.15) is 0 Å². The van der Waals surface area contributed by atoms with Crippen molar-refractivity contribution in [2.75, 3.05) is 19.6 Å². The van der Waals surface area contributed by atoms with Gasteiger partial charge >= 0.3 is 0 Å². The molecule has 0 aromatic heterocycles. The molecule has 1 amide bonds. The molecule has 0 aromatic rings. The van der Waals surface area contributed by atoms with Crippen LogP contribution in [0.15, 0.2) is 12.2 Å². The van der Waals surface area contributed by atoms with Crippen molar-refractivity contribution >= 4 is 5.91 Å². The van der Waals surface area contributed by atoms with Crippen molar-refractivity contribution in [1.82, 2.24) is 10.2 Å². The van der Waals surface area contributed by atoms with Gasteiger partial charge in [0.1, 0.15) is 0 Å². The van der Waals surface area contributed by atoms with E-state index in [-0.39, 0.29) is 5.92 Å². The Labute approximate surface area is 116 Å². The normalized spacial score (nSPS) is 31.2. The van der Waals surface area contributed by atoms with Gasteiger partial charge in [-0.1, -0.05) is 12.2 Å². The predicted octanol–water partition coefficient (Wildman–Crippen LogP) is 2.33. The number of nitrogens with one attached hydrogen (secondary N) is 1. The maximum Gasteiger partial charge on any atom is 0.226 e. The lowest BCUT2D eigenvalue weighted by molar-refractivity contribution is -0.137. The summed E-state index contributed by atoms with van der Waals surface area (Å²) in [4.78, 5) is 15.0. The minimum Gasteiger partial charge on any atom is -0.339 e. The summed E-state index contributed by atoms with van der Waals surface area (Å²) in [6.07, 6.45) is 12.5. The monoisotopic (exact) mass is 262 g/mol. The molecule has 0 spiro atoms. The largest absolute Gasteiger partial charge is 0.339 e. The van der Waals surface area contributed by atoms with E-state index in [1.165, 1.54) is 25.7 Å². The number of allylic oxidation sites excluding steroid dienone is 2. The van der Waals surface area contributed by atoms with E-state index in [2.05, 4.69) is 22.4 Å². The molecule has 106 valence electrons. The number of hydrogen-bond donors (Lipinski definition) is 1. The number of rotatable bonds is 4. The fourth-order valence-electron chi connectivity index (χ4n) is 3.42. The number of amides is 1. The molecule has 1 aliphatic heterocycles. The predicted molar refractivity (Wildman–Crippen MR) is 76.8 cm³/mol. The van der Waals surface area contributed by atoms with E-state index in [1.54, 1.807) is 0 Å². The van der Waals surface area contributed by atoms with Gasteiger partial charge in [0.05, 0.1) is 0 Å². The average Bonchev–Trinajstić information content (AvgIpc) is 3.31. The Morgan fingerprint density at radius 2 is 2.11 bits per heavy atom. The lowest BCUT2D eigenvalue weighted by Crippen LogP contribution is -2.44. The van der Waals surface area contributed by atoms with Crippen molar-refractivity contribution in [3.63, 3.8) is 0 Å². The van der Waals surface area contributed by atoms with Crippen LogP contribution < -0.4 is 5.32 Å². The summed E-state index contributed by atoms with van der Waals surface area (Å²) in [6, 6.07) is 0.570. The van der Waals surface area contributed by atoms with Gasteiger partial charge in [-0.05, 0) is 64.0 Å². The molecule has 2 fully saturated rings. The molecule has 3 heteroatoms. The highest BCUT2D eigenvalue weighted by atomic mass is 16.2. The summed E-state index contributed by atoms with van der Waals surface area (Å²) in [5, 5.41) is 3.47. The molecular weight excluding hydrogens is 236 g/mol. The Kier molecular flexibility index (Phi) is 4.21. The van der Waals surface area contributed by atoms with Crippen LogP contribution in [-0.2, 0) is 4.79 Å². The van der Waals surface area contributed by atoms with Crippen LogP contribution in [0.2, 0.25) is 0 Å². The molecule has 2 unspecified atom stereocenters. The van der Waals surface area contributed by atoms with E-state index in [1.807, 2.05) is 0 Å². The molecule has 2 atom stereocenters. The highest BCUT2D eigenvalue weighted by Crippen LogP contribution is 2.32. The summed E-state index contributed by atoms with van der Waals surface area (Å²) >= 11 is 0. The van der Waals surface area contributed by atoms with Gasteiger partial charge in [-0.25, -0.2) is 0 Å². The highest BCUT2D eigenvalue weighted by molar-refractivity contribution is 5.79. The Morgan fingerprint density at radius 1 is 1.21 bits per heavy atom. The molecule has 3 nitrogen and oxygen atoms in total. The average molecular weight is 262 g/mol. The summed E-state index contributed by atoms with van der Waals surface area (Å²) in [5.74, 6) is 1.39. The Balaban J connectivity index is 1.59. The highest BCUT2D eigenvalue weighted by Gasteiger charge is 2.36. The van der Waals surface area contributed by atoms with Gasteiger partial charge in [-0.3, -0.25) is 4.79 Å². The number of hydrogen-bond acceptors (Lipinski definition) is 2. The molecule has 0 bridgehead atoms. The smallest absolute Gasteiger partial charge is 0.226 e. The standard InChI is InChI=1S/C16H26N2O/c19-16(14-6-2-1-3-7-14)18(15-8-9-15)12-13-5-4-10-17-11-13/h1-2,13-15,17H,3-12H2. The first kappa shape index (κ1) is 13.2. The molecule has 1 heterocycles. The third-order valence-corrected chi connectivity index (χ3v) is 4.74. The minimum absolute atomic E-state index is 0.266. The van der Waals surface area contributed by atoms with Gasteiger partial charge in [0.25, 0.3) is 0 Å². The second kappa shape index (κ2) is 6.08. The van der Waals surface area contributed by atoms with E-state index in [0.29, 0.717) is 17.9 Å². The summed E-state index contributed by atoms with van der Waals surface area (Å²) in [7, 11) is 0. The van der Waals surface area contributed by atoms with Crippen molar-refractivity contribution in [3.8, 4) is 0 Å². The van der Waals surface area contributed by atoms with Gasteiger partial charge < -0.3 is 10.2 Å². The van der Waals surface area contributed by atoms with Crippen LogP contribution in [0.1, 0.15) is 44.9 Å². The van der Waals surface area contributed by atoms with Gasteiger partial charge in [0.15, 0.2) is 0 Å². The van der Waals surface area contributed by atoms with Crippen LogP contribution in [0.4, 0.5) is 0 Å². The SMILES string of the molecule is O=C(C1CC=CCC1)N(CC1CCCNC1)C1CC1. The first-order valence-corrected chi connectivity index (χ1v) is 8.01. The van der Waals surface area contributed by atoms with Crippen LogP contribution in [0.5, 0.6) is 0 Å². The summed E-state index contributed by atoms with van der Waals surface area (Å²) < 4.78 is 0. The third kappa shape index (κ3) is 3.38. The van der Waals surface area contributed by atoms with Crippen molar-refractivity contribution in [2.45, 2.75) is 51.0 Å². The van der Waals surface area contributed by atoms with Crippen LogP contribution >= 0.6 is 0 Å². The third-order valence-electron chi connectivity index (χ3n) is 4.74. The van der Waals surface area contributed by atoms with Crippen molar-refractivity contribution < 1.29 is 4.79 Å². The molecule has 1 saturated carbocycles. The van der Waals surface area contributed by atoms with E-state index in [9.17, 15) is 4.79 Å². The molecule has 2 aliphatic carbocycles. The first-order chi connectivity index (χ1) is 9.34. The van der Waals surface area contributed by atoms with Crippen molar-refractivity contribution in [1.29, 1.82) is 0 Å². The Morgan fingerprint density at radius 3 is 2.74 bits per heavy atom. The molecule has 3 rings (SSSR count). The number of carbonyl (C=O) groups is 1. The zero-order chi connectivity index (χ0) is 13.1. The maximum absolute atomic E-state index is 12.7. The molecule has 1 N–H and O–H groups in total. The number of carbonyl (C=O) groups excluding carboxylic acids is 1. The second-order valence-electron chi connectivity index (χ2n) is 6.42. The van der Waals surface area contributed by atoms with Crippen molar-refractivity contribution in [3.05, 3.63) is 12.2 Å². The van der Waals surface area contributed by atoms with Crippen LogP contribution in [0, 0.1) is 11.8 Å². The number of nitrogens with zero attached hydrogens (tertiary/aromatic N) is 1. The minimum atomic E-state index is 0.266. The summed E-state index contributed by atoms with van der Waals surface area (Å²) in [5.41, 5.74) is 0. The molecule has 0 aromatic carbocycles. The van der Waals surface area contributed by atoms with Crippen molar-refractivity contribution in [2.24, 2.45) is 11.8 Å². The van der Waals surface area contributed by atoms with Crippen LogP contribution in [-0.4, -0.2) is 36.5 Å². The maximum atomic E-state index is 12.7. The zero-order valence-electron chi connectivity index (χ0n) is 11.8. The molecule has 3 aliphatic rings. The molecule has 0 radical (unpaired) electrons. The van der Waals surface area contributed by atoms with Gasteiger partial charge in [0, 0.05) is 18.5 Å². The van der Waals surface area contributed by atoms with E-state index in [4.69, 9.17) is 0 Å². The van der Waals surface area contributed by atoms with E-state index < -0.39 is 0 Å². The fraction of sp³-hybridized carbons (Fsp3) is 0.812. The van der Waals surface area contributed by atoms with E-state index >= 15 is 0 Å². The van der Waals surface area contributed by atoms with Gasteiger partial charge in [-0.15, -0.1) is 0 Å².